The van der Waals surface area contributed by atoms with Crippen molar-refractivity contribution in [3.63, 3.8) is 0 Å². The predicted octanol–water partition coefficient (Wildman–Crippen LogP) is 2.97. The number of urea groups is 1. The Bertz CT molecular complexity index is 792. The molecule has 1 heterocycles. The highest BCUT2D eigenvalue weighted by Gasteiger charge is 2.42. The van der Waals surface area contributed by atoms with Gasteiger partial charge in [0.05, 0.1) is 25.8 Å². The smallest absolute Gasteiger partial charge is 0.387 e. The average molecular weight is 382 g/mol. The number of hydrogen-bond donors (Lipinski definition) is 1. The van der Waals surface area contributed by atoms with Crippen molar-refractivity contribution < 1.29 is 32.6 Å². The molecule has 1 aromatic rings. The molecular formula is C18H20F2N2O5. The number of allylic oxidation sites excluding steroid dienone is 1. The molecule has 1 N–H and O–H groups in total. The van der Waals surface area contributed by atoms with Crippen LogP contribution in [0.3, 0.4) is 0 Å². The van der Waals surface area contributed by atoms with Crippen molar-refractivity contribution in [2.45, 2.75) is 38.5 Å². The second kappa shape index (κ2) is 7.42. The van der Waals surface area contributed by atoms with Gasteiger partial charge in [0, 0.05) is 11.7 Å². The zero-order valence-corrected chi connectivity index (χ0v) is 15.1. The Morgan fingerprint density at radius 1 is 1.26 bits per heavy atom. The van der Waals surface area contributed by atoms with Gasteiger partial charge in [-0.3, -0.25) is 4.90 Å². The monoisotopic (exact) mass is 382 g/mol. The second-order valence-electron chi connectivity index (χ2n) is 6.26. The van der Waals surface area contributed by atoms with E-state index in [1.807, 2.05) is 0 Å². The molecule has 7 nitrogen and oxygen atoms in total. The molecule has 0 bridgehead atoms. The van der Waals surface area contributed by atoms with E-state index in [2.05, 4.69) is 10.1 Å². The van der Waals surface area contributed by atoms with Gasteiger partial charge >= 0.3 is 18.6 Å². The topological polar surface area (TPSA) is 77.1 Å². The summed E-state index contributed by atoms with van der Waals surface area (Å²) < 4.78 is 39.8. The minimum Gasteiger partial charge on any atom is -0.493 e. The summed E-state index contributed by atoms with van der Waals surface area (Å²) in [6.45, 7) is -1.37. The largest absolute Gasteiger partial charge is 0.493 e. The summed E-state index contributed by atoms with van der Waals surface area (Å²) in [5, 5.41) is 2.76. The van der Waals surface area contributed by atoms with Crippen molar-refractivity contribution in [3.8, 4) is 11.5 Å². The van der Waals surface area contributed by atoms with Gasteiger partial charge in [0.1, 0.15) is 0 Å². The van der Waals surface area contributed by atoms with Gasteiger partial charge < -0.3 is 19.5 Å². The summed E-state index contributed by atoms with van der Waals surface area (Å²) in [5.41, 5.74) is 1.14. The Morgan fingerprint density at radius 3 is 2.52 bits per heavy atom. The Kier molecular flexibility index (Phi) is 5.20. The van der Waals surface area contributed by atoms with Gasteiger partial charge in [-0.15, -0.1) is 0 Å². The first-order valence-electron chi connectivity index (χ1n) is 8.39. The van der Waals surface area contributed by atoms with Gasteiger partial charge in [-0.05, 0) is 37.5 Å². The zero-order chi connectivity index (χ0) is 19.7. The van der Waals surface area contributed by atoms with E-state index in [1.165, 1.54) is 26.4 Å². The maximum atomic E-state index is 12.7. The number of nitrogens with one attached hydrogen (secondary N) is 1. The fourth-order valence-corrected chi connectivity index (χ4v) is 3.22. The highest BCUT2D eigenvalue weighted by atomic mass is 19.3. The summed E-state index contributed by atoms with van der Waals surface area (Å²) in [6, 6.07) is 3.19. The number of nitrogens with zero attached hydrogens (tertiary/aromatic N) is 1. The first-order chi connectivity index (χ1) is 12.9. The van der Waals surface area contributed by atoms with Crippen LogP contribution in [0.2, 0.25) is 0 Å². The lowest BCUT2D eigenvalue weighted by atomic mass is 9.94. The molecule has 0 radical (unpaired) electrons. The molecule has 1 fully saturated rings. The fraction of sp³-hybridized carbons (Fsp3) is 0.444. The van der Waals surface area contributed by atoms with Crippen molar-refractivity contribution in [2.75, 3.05) is 14.2 Å². The minimum atomic E-state index is -3.04. The van der Waals surface area contributed by atoms with E-state index in [9.17, 15) is 18.4 Å². The van der Waals surface area contributed by atoms with Gasteiger partial charge in [0.15, 0.2) is 11.5 Å². The molecule has 1 aliphatic carbocycles. The van der Waals surface area contributed by atoms with Crippen LogP contribution in [-0.4, -0.2) is 43.8 Å². The maximum Gasteiger partial charge on any atom is 0.387 e. The van der Waals surface area contributed by atoms with Gasteiger partial charge in [-0.2, -0.15) is 8.78 Å². The first-order valence-corrected chi connectivity index (χ1v) is 8.39. The van der Waals surface area contributed by atoms with Crippen LogP contribution in [-0.2, 0) is 9.53 Å². The fourth-order valence-electron chi connectivity index (χ4n) is 3.22. The molecular weight excluding hydrogens is 362 g/mol. The minimum absolute atomic E-state index is 0.0548. The summed E-state index contributed by atoms with van der Waals surface area (Å²) in [7, 11) is 2.57. The SMILES string of the molecule is COC(=O)C1=C(C)N(C2CC2)C(=O)N[C@@H]1c1ccc(OC)c(OC(F)F)c1. The number of carbonyl (C=O) groups excluding carboxylic acids is 2. The number of ether oxygens (including phenoxy) is 3. The number of methoxy groups -OCH3 is 2. The van der Waals surface area contributed by atoms with Crippen molar-refractivity contribution in [3.05, 3.63) is 35.0 Å². The Balaban J connectivity index is 2.06. The van der Waals surface area contributed by atoms with Gasteiger partial charge in [-0.25, -0.2) is 9.59 Å². The highest BCUT2D eigenvalue weighted by molar-refractivity contribution is 5.95. The van der Waals surface area contributed by atoms with Crippen LogP contribution in [0.5, 0.6) is 11.5 Å². The predicted molar refractivity (Wildman–Crippen MR) is 90.5 cm³/mol. The van der Waals surface area contributed by atoms with Gasteiger partial charge in [0.2, 0.25) is 0 Å². The van der Waals surface area contributed by atoms with E-state index in [4.69, 9.17) is 9.47 Å². The van der Waals surface area contributed by atoms with E-state index in [0.717, 1.165) is 12.8 Å². The van der Waals surface area contributed by atoms with E-state index in [0.29, 0.717) is 11.3 Å². The third kappa shape index (κ3) is 3.67. The molecule has 1 aromatic carbocycles. The summed E-state index contributed by atoms with van der Waals surface area (Å²) in [4.78, 5) is 26.5. The van der Waals surface area contributed by atoms with Crippen molar-refractivity contribution in [2.24, 2.45) is 0 Å². The third-order valence-corrected chi connectivity index (χ3v) is 4.58. The molecule has 0 aromatic heterocycles. The molecule has 146 valence electrons. The zero-order valence-electron chi connectivity index (χ0n) is 15.1. The van der Waals surface area contributed by atoms with Crippen LogP contribution >= 0.6 is 0 Å². The third-order valence-electron chi connectivity index (χ3n) is 4.58. The lowest BCUT2D eigenvalue weighted by Gasteiger charge is -2.35. The number of benzene rings is 1. The number of amides is 2. The molecule has 9 heteroatoms. The van der Waals surface area contributed by atoms with Crippen LogP contribution in [0, 0.1) is 0 Å². The normalized spacial score (nSPS) is 19.9. The number of esters is 1. The van der Waals surface area contributed by atoms with Crippen LogP contribution < -0.4 is 14.8 Å². The van der Waals surface area contributed by atoms with E-state index in [1.54, 1.807) is 17.9 Å². The summed E-state index contributed by atoms with van der Waals surface area (Å²) in [6.07, 6.45) is 1.72. The van der Waals surface area contributed by atoms with E-state index in [-0.39, 0.29) is 29.1 Å². The molecule has 0 saturated heterocycles. The standard InChI is InChI=1S/C18H20F2N2O5/c1-9-14(16(23)26-3)15(21-18(24)22(9)11-5-6-11)10-4-7-12(25-2)13(8-10)27-17(19)20/h4,7-8,11,15,17H,5-6H2,1-3H3,(H,21,24)/t15-/m1/s1. The van der Waals surface area contributed by atoms with Crippen LogP contribution in [0.25, 0.3) is 0 Å². The Hall–Kier alpha value is -2.84. The van der Waals surface area contributed by atoms with Crippen LogP contribution in [0.1, 0.15) is 31.4 Å². The molecule has 0 spiro atoms. The molecule has 1 saturated carbocycles. The first kappa shape index (κ1) is 18.9. The van der Waals surface area contributed by atoms with E-state index < -0.39 is 18.6 Å². The van der Waals surface area contributed by atoms with Crippen LogP contribution in [0.15, 0.2) is 29.5 Å². The summed E-state index contributed by atoms with van der Waals surface area (Å²) in [5.74, 6) is -0.679. The quantitative estimate of drug-likeness (QED) is 0.766. The van der Waals surface area contributed by atoms with Crippen molar-refractivity contribution in [1.82, 2.24) is 10.2 Å². The second-order valence-corrected chi connectivity index (χ2v) is 6.26. The summed E-state index contributed by atoms with van der Waals surface area (Å²) >= 11 is 0. The number of alkyl halides is 2. The molecule has 1 aliphatic heterocycles. The lowest BCUT2D eigenvalue weighted by Crippen LogP contribution is -2.48. The average Bonchev–Trinajstić information content (AvgIpc) is 3.45. The van der Waals surface area contributed by atoms with Crippen molar-refractivity contribution in [1.29, 1.82) is 0 Å². The molecule has 2 amide bonds. The molecule has 2 aliphatic rings. The molecule has 3 rings (SSSR count). The van der Waals surface area contributed by atoms with Crippen LogP contribution in [0.4, 0.5) is 13.6 Å². The number of halogens is 2. The molecule has 27 heavy (non-hydrogen) atoms. The molecule has 0 unspecified atom stereocenters. The number of rotatable bonds is 6. The number of carbonyl (C=O) groups is 2. The maximum absolute atomic E-state index is 12.7. The lowest BCUT2D eigenvalue weighted by molar-refractivity contribution is -0.136. The van der Waals surface area contributed by atoms with Gasteiger partial charge in [0.25, 0.3) is 0 Å². The highest BCUT2D eigenvalue weighted by Crippen LogP contribution is 2.40. The number of hydrogen-bond acceptors (Lipinski definition) is 5. The Morgan fingerprint density at radius 2 is 1.96 bits per heavy atom. The van der Waals surface area contributed by atoms with E-state index >= 15 is 0 Å². The van der Waals surface area contributed by atoms with Gasteiger partial charge in [-0.1, -0.05) is 6.07 Å². The molecule has 1 atom stereocenters. The van der Waals surface area contributed by atoms with Crippen molar-refractivity contribution >= 4 is 12.0 Å². The Labute approximate surface area is 154 Å².